The Hall–Kier alpha value is -4.76. The van der Waals surface area contributed by atoms with E-state index in [4.69, 9.17) is 4.98 Å². The summed E-state index contributed by atoms with van der Waals surface area (Å²) in [6.07, 6.45) is 1.28. The molecule has 7 aromatic rings. The minimum absolute atomic E-state index is 0.513. The molecular weight excluding hydrogens is 684 g/mol. The lowest BCUT2D eigenvalue weighted by molar-refractivity contribution is 0.0656. The zero-order valence-electron chi connectivity index (χ0n) is 28.5. The fourth-order valence-electron chi connectivity index (χ4n) is 7.53. The van der Waals surface area contributed by atoms with Crippen LogP contribution in [-0.2, 0) is 12.0 Å². The molecule has 50 heavy (non-hydrogen) atoms. The molecule has 2 N–H and O–H groups in total. The fourth-order valence-corrected chi connectivity index (χ4v) is 8.00. The predicted octanol–water partition coefficient (Wildman–Crippen LogP) is 8.13. The van der Waals surface area contributed by atoms with Crippen LogP contribution < -0.4 is 9.80 Å². The summed E-state index contributed by atoms with van der Waals surface area (Å²) in [7, 11) is 4.11. The number of hydrogen-bond acceptors (Lipinski definition) is 6. The topological polar surface area (TPSA) is 71.5 Å². The summed E-state index contributed by atoms with van der Waals surface area (Å²) in [5.74, 6) is 1.98. The fraction of sp³-hybridized carbons (Fsp3) is 0.238. The molecule has 1 aliphatic heterocycles. The molecule has 7 nitrogen and oxygen atoms in total. The summed E-state index contributed by atoms with van der Waals surface area (Å²) in [6.45, 7) is 3.98. The smallest absolute Gasteiger partial charge is 0.158 e. The number of aliphatic hydroxyl groups is 1. The number of aromatic nitrogens is 3. The van der Waals surface area contributed by atoms with Crippen molar-refractivity contribution in [2.75, 3.05) is 56.6 Å². The SMILES string of the molecule is CN(C)CCC(O)(c1cccc2ccccc12)c1cc(Br)cc2cc(Cc3ccccc3)c(N3CCN(c4n[nH]c5ccccc45)CC3)nc12. The number of pyridine rings is 1. The highest BCUT2D eigenvalue weighted by molar-refractivity contribution is 9.10. The Morgan fingerprint density at radius 3 is 2.20 bits per heavy atom. The third-order valence-electron chi connectivity index (χ3n) is 10.1. The normalized spacial score (nSPS) is 15.0. The second-order valence-electron chi connectivity index (χ2n) is 13.7. The van der Waals surface area contributed by atoms with Crippen molar-refractivity contribution < 1.29 is 5.11 Å². The second kappa shape index (κ2) is 13.5. The van der Waals surface area contributed by atoms with Crippen molar-refractivity contribution in [3.05, 3.63) is 142 Å². The first-order valence-electron chi connectivity index (χ1n) is 17.3. The third kappa shape index (κ3) is 6.12. The van der Waals surface area contributed by atoms with Crippen molar-refractivity contribution in [3.63, 3.8) is 0 Å². The molecule has 3 heterocycles. The van der Waals surface area contributed by atoms with E-state index in [9.17, 15) is 5.11 Å². The van der Waals surface area contributed by atoms with Crippen LogP contribution >= 0.6 is 15.9 Å². The Morgan fingerprint density at radius 1 is 0.740 bits per heavy atom. The summed E-state index contributed by atoms with van der Waals surface area (Å²) in [6, 6.07) is 40.0. The number of nitrogens with one attached hydrogen (secondary N) is 1. The molecule has 1 aliphatic rings. The quantitative estimate of drug-likeness (QED) is 0.157. The highest BCUT2D eigenvalue weighted by atomic mass is 79.9. The number of nitrogens with zero attached hydrogens (tertiary/aromatic N) is 5. The summed E-state index contributed by atoms with van der Waals surface area (Å²) >= 11 is 3.83. The minimum Gasteiger partial charge on any atom is -0.380 e. The van der Waals surface area contributed by atoms with Crippen LogP contribution in [0.4, 0.5) is 11.6 Å². The van der Waals surface area contributed by atoms with Crippen molar-refractivity contribution in [1.29, 1.82) is 0 Å². The number of anilines is 2. The molecule has 8 rings (SSSR count). The lowest BCUT2D eigenvalue weighted by Crippen LogP contribution is -2.47. The molecule has 252 valence electrons. The van der Waals surface area contributed by atoms with E-state index >= 15 is 0 Å². The van der Waals surface area contributed by atoms with Gasteiger partial charge in [-0.3, -0.25) is 5.10 Å². The summed E-state index contributed by atoms with van der Waals surface area (Å²) in [5, 5.41) is 25.3. The maximum absolute atomic E-state index is 13.1. The molecule has 0 bridgehead atoms. The molecule has 0 saturated carbocycles. The summed E-state index contributed by atoms with van der Waals surface area (Å²) < 4.78 is 0.920. The predicted molar refractivity (Wildman–Crippen MR) is 209 cm³/mol. The van der Waals surface area contributed by atoms with Crippen LogP contribution in [0.1, 0.15) is 28.7 Å². The molecule has 8 heteroatoms. The van der Waals surface area contributed by atoms with Gasteiger partial charge in [0.2, 0.25) is 0 Å². The van der Waals surface area contributed by atoms with E-state index in [1.54, 1.807) is 0 Å². The van der Waals surface area contributed by atoms with Gasteiger partial charge in [-0.1, -0.05) is 101 Å². The van der Waals surface area contributed by atoms with Gasteiger partial charge in [0, 0.05) is 60.0 Å². The molecule has 0 spiro atoms. The number of hydrogen-bond donors (Lipinski definition) is 2. The highest BCUT2D eigenvalue weighted by Crippen LogP contribution is 2.42. The lowest BCUT2D eigenvalue weighted by Gasteiger charge is -2.37. The maximum Gasteiger partial charge on any atom is 0.158 e. The summed E-state index contributed by atoms with van der Waals surface area (Å²) in [5.41, 5.74) is 4.71. The van der Waals surface area contributed by atoms with Gasteiger partial charge in [-0.25, -0.2) is 4.98 Å². The first-order valence-corrected chi connectivity index (χ1v) is 18.1. The van der Waals surface area contributed by atoms with Gasteiger partial charge in [-0.05, 0) is 78.3 Å². The van der Waals surface area contributed by atoms with Crippen LogP contribution in [0, 0.1) is 0 Å². The average Bonchev–Trinajstić information content (AvgIpc) is 3.58. The van der Waals surface area contributed by atoms with E-state index in [-0.39, 0.29) is 0 Å². The Bertz CT molecular complexity index is 2290. The van der Waals surface area contributed by atoms with E-state index in [0.29, 0.717) is 13.0 Å². The lowest BCUT2D eigenvalue weighted by atomic mass is 9.80. The number of para-hydroxylation sites is 1. The molecule has 1 fully saturated rings. The van der Waals surface area contributed by atoms with Crippen molar-refractivity contribution in [1.82, 2.24) is 20.1 Å². The maximum atomic E-state index is 13.1. The average molecular weight is 726 g/mol. The van der Waals surface area contributed by atoms with Crippen LogP contribution in [0.15, 0.2) is 120 Å². The van der Waals surface area contributed by atoms with E-state index < -0.39 is 5.60 Å². The Labute approximate surface area is 301 Å². The van der Waals surface area contributed by atoms with Crippen LogP contribution in [0.2, 0.25) is 0 Å². The van der Waals surface area contributed by atoms with Crippen molar-refractivity contribution in [2.24, 2.45) is 0 Å². The minimum atomic E-state index is -1.29. The van der Waals surface area contributed by atoms with Gasteiger partial charge >= 0.3 is 0 Å². The van der Waals surface area contributed by atoms with Gasteiger partial charge in [0.15, 0.2) is 5.82 Å². The largest absolute Gasteiger partial charge is 0.380 e. The Balaban J connectivity index is 1.26. The second-order valence-corrected chi connectivity index (χ2v) is 14.6. The van der Waals surface area contributed by atoms with Crippen LogP contribution in [0.25, 0.3) is 32.6 Å². The standard InChI is InChI=1S/C42H41BrN6O/c1-47(2)20-19-42(50,36-17-10-14-30-13-6-7-15-34(30)36)37-28-33(43)27-31-26-32(25-29-11-4-3-5-12-29)40(44-39(31)37)48-21-23-49(24-22-48)41-35-16-8-9-18-38(35)45-46-41/h3-18,26-28,50H,19-25H2,1-2H3,(H,45,46). The molecular formula is C42H41BrN6O. The highest BCUT2D eigenvalue weighted by Gasteiger charge is 2.36. The number of benzene rings is 5. The zero-order valence-corrected chi connectivity index (χ0v) is 30.1. The van der Waals surface area contributed by atoms with E-state index in [1.807, 2.05) is 6.07 Å². The van der Waals surface area contributed by atoms with Crippen molar-refractivity contribution >= 4 is 60.1 Å². The van der Waals surface area contributed by atoms with Gasteiger partial charge in [-0.15, -0.1) is 0 Å². The Kier molecular flexibility index (Phi) is 8.77. The molecule has 1 unspecified atom stereocenters. The van der Waals surface area contributed by atoms with Gasteiger partial charge in [0.1, 0.15) is 11.4 Å². The molecule has 1 saturated heterocycles. The molecule has 0 radical (unpaired) electrons. The zero-order chi connectivity index (χ0) is 34.2. The molecule has 0 amide bonds. The number of piperazine rings is 1. The van der Waals surface area contributed by atoms with E-state index in [2.05, 4.69) is 164 Å². The molecule has 0 aliphatic carbocycles. The molecule has 1 atom stereocenters. The first-order chi connectivity index (χ1) is 24.4. The van der Waals surface area contributed by atoms with Gasteiger partial charge in [-0.2, -0.15) is 5.10 Å². The molecule has 2 aromatic heterocycles. The first kappa shape index (κ1) is 32.4. The third-order valence-corrected chi connectivity index (χ3v) is 10.6. The number of aromatic amines is 1. The van der Waals surface area contributed by atoms with Crippen LogP contribution in [0.5, 0.6) is 0 Å². The summed E-state index contributed by atoms with van der Waals surface area (Å²) in [4.78, 5) is 12.5. The van der Waals surface area contributed by atoms with Crippen molar-refractivity contribution in [2.45, 2.75) is 18.4 Å². The van der Waals surface area contributed by atoms with E-state index in [1.165, 1.54) is 11.1 Å². The van der Waals surface area contributed by atoms with Gasteiger partial charge < -0.3 is 19.8 Å². The number of fused-ring (bicyclic) bond motifs is 3. The van der Waals surface area contributed by atoms with Gasteiger partial charge in [0.05, 0.1) is 11.0 Å². The number of H-pyrrole nitrogens is 1. The molecule has 5 aromatic carbocycles. The van der Waals surface area contributed by atoms with Gasteiger partial charge in [0.25, 0.3) is 0 Å². The van der Waals surface area contributed by atoms with Crippen LogP contribution in [0.3, 0.4) is 0 Å². The Morgan fingerprint density at radius 2 is 1.42 bits per heavy atom. The monoisotopic (exact) mass is 724 g/mol. The van der Waals surface area contributed by atoms with Crippen molar-refractivity contribution in [3.8, 4) is 0 Å². The number of halogens is 1. The van der Waals surface area contributed by atoms with Crippen LogP contribution in [-0.4, -0.2) is 72.0 Å². The number of rotatable bonds is 9. The van der Waals surface area contributed by atoms with E-state index in [0.717, 1.165) is 92.4 Å².